The minimum Gasteiger partial charge on any atom is -0.493 e. The van der Waals surface area contributed by atoms with E-state index in [4.69, 9.17) is 14.0 Å². The molecule has 1 amide bonds. The number of hydrogen-bond acceptors (Lipinski definition) is 4. The predicted octanol–water partition coefficient (Wildman–Crippen LogP) is 3.26. The molecule has 0 unspecified atom stereocenters. The fourth-order valence-corrected chi connectivity index (χ4v) is 3.36. The van der Waals surface area contributed by atoms with Gasteiger partial charge in [-0.2, -0.15) is 0 Å². The van der Waals surface area contributed by atoms with E-state index in [0.29, 0.717) is 18.9 Å². The van der Waals surface area contributed by atoms with Gasteiger partial charge in [0.05, 0.1) is 17.8 Å². The summed E-state index contributed by atoms with van der Waals surface area (Å²) in [6, 6.07) is 7.91. The minimum atomic E-state index is -0.354. The molecule has 2 saturated heterocycles. The van der Waals surface area contributed by atoms with Crippen LogP contribution >= 0.6 is 0 Å². The van der Waals surface area contributed by atoms with Crippen LogP contribution in [0.4, 0.5) is 0 Å². The molecule has 0 aromatic heterocycles. The number of amides is 1. The highest BCUT2D eigenvalue weighted by molar-refractivity contribution is 6.62. The molecule has 6 heteroatoms. The lowest BCUT2D eigenvalue weighted by Gasteiger charge is -2.40. The Morgan fingerprint density at radius 3 is 2.14 bits per heavy atom. The summed E-state index contributed by atoms with van der Waals surface area (Å²) in [6.45, 7) is 16.7. The largest absolute Gasteiger partial charge is 0.494 e. The van der Waals surface area contributed by atoms with E-state index in [-0.39, 0.29) is 29.6 Å². The van der Waals surface area contributed by atoms with E-state index in [2.05, 4.69) is 48.5 Å². The maximum Gasteiger partial charge on any atom is 0.494 e. The zero-order valence-corrected chi connectivity index (χ0v) is 18.4. The van der Waals surface area contributed by atoms with Crippen molar-refractivity contribution in [2.75, 3.05) is 19.7 Å². The molecule has 2 heterocycles. The molecule has 0 radical (unpaired) electrons. The van der Waals surface area contributed by atoms with Crippen LogP contribution in [0.25, 0.3) is 0 Å². The molecule has 2 aliphatic rings. The fourth-order valence-electron chi connectivity index (χ4n) is 3.36. The van der Waals surface area contributed by atoms with Crippen molar-refractivity contribution in [3.05, 3.63) is 24.3 Å². The van der Waals surface area contributed by atoms with E-state index in [9.17, 15) is 4.79 Å². The predicted molar refractivity (Wildman–Crippen MR) is 112 cm³/mol. The van der Waals surface area contributed by atoms with Crippen molar-refractivity contribution in [2.24, 2.45) is 11.3 Å². The molecule has 0 N–H and O–H groups in total. The second-order valence-corrected chi connectivity index (χ2v) is 10.4. The fraction of sp³-hybridized carbons (Fsp3) is 0.682. The molecule has 3 rings (SSSR count). The highest BCUT2D eigenvalue weighted by Gasteiger charge is 2.51. The van der Waals surface area contributed by atoms with Crippen LogP contribution in [0.5, 0.6) is 5.75 Å². The zero-order valence-electron chi connectivity index (χ0n) is 18.4. The lowest BCUT2D eigenvalue weighted by Crippen LogP contribution is -2.52. The standard InChI is InChI=1S/C22H34BNO4/c1-20(2,3)12-19(25)24-13-16(14-24)15-26-18-10-8-17(9-11-18)23-27-21(4,5)22(6,7)28-23/h8-11,16H,12-15H2,1-7H3. The highest BCUT2D eigenvalue weighted by Crippen LogP contribution is 2.36. The summed E-state index contributed by atoms with van der Waals surface area (Å²) >= 11 is 0. The van der Waals surface area contributed by atoms with E-state index in [1.165, 1.54) is 0 Å². The molecule has 28 heavy (non-hydrogen) atoms. The monoisotopic (exact) mass is 387 g/mol. The molecule has 0 saturated carbocycles. The molecule has 0 spiro atoms. The van der Waals surface area contributed by atoms with Crippen LogP contribution in [-0.2, 0) is 14.1 Å². The van der Waals surface area contributed by atoms with E-state index in [0.717, 1.165) is 24.3 Å². The van der Waals surface area contributed by atoms with E-state index in [1.807, 2.05) is 29.2 Å². The Kier molecular flexibility index (Phi) is 5.58. The third-order valence-electron chi connectivity index (χ3n) is 5.88. The van der Waals surface area contributed by atoms with Gasteiger partial charge in [-0.3, -0.25) is 4.79 Å². The lowest BCUT2D eigenvalue weighted by molar-refractivity contribution is -0.140. The molecule has 1 aromatic carbocycles. The first-order valence-electron chi connectivity index (χ1n) is 10.2. The molecule has 0 atom stereocenters. The second-order valence-electron chi connectivity index (χ2n) is 10.4. The van der Waals surface area contributed by atoms with Gasteiger partial charge in [0.15, 0.2) is 0 Å². The molecule has 154 valence electrons. The topological polar surface area (TPSA) is 48.0 Å². The van der Waals surface area contributed by atoms with Crippen LogP contribution in [0.1, 0.15) is 54.9 Å². The maximum absolute atomic E-state index is 12.2. The Hall–Kier alpha value is -1.53. The summed E-state index contributed by atoms with van der Waals surface area (Å²) in [5, 5.41) is 0. The Labute approximate surface area is 169 Å². The molecule has 0 bridgehead atoms. The summed E-state index contributed by atoms with van der Waals surface area (Å²) in [5.74, 6) is 1.49. The normalized spacial score (nSPS) is 21.5. The summed E-state index contributed by atoms with van der Waals surface area (Å²) in [6.07, 6.45) is 0.598. The van der Waals surface area contributed by atoms with Crippen LogP contribution in [0.2, 0.25) is 0 Å². The van der Waals surface area contributed by atoms with Crippen molar-refractivity contribution in [1.82, 2.24) is 4.90 Å². The molecular formula is C22H34BNO4. The Balaban J connectivity index is 1.45. The van der Waals surface area contributed by atoms with E-state index in [1.54, 1.807) is 0 Å². The number of ether oxygens (including phenoxy) is 1. The third kappa shape index (κ3) is 4.72. The van der Waals surface area contributed by atoms with E-state index < -0.39 is 0 Å². The Bertz CT molecular complexity index is 686. The van der Waals surface area contributed by atoms with Crippen LogP contribution in [-0.4, -0.2) is 48.8 Å². The minimum absolute atomic E-state index is 0.0393. The van der Waals surface area contributed by atoms with Gasteiger partial charge in [-0.25, -0.2) is 0 Å². The van der Waals surface area contributed by atoms with Crippen LogP contribution < -0.4 is 10.2 Å². The second kappa shape index (κ2) is 7.38. The summed E-state index contributed by atoms with van der Waals surface area (Å²) in [5.41, 5.74) is 0.354. The Morgan fingerprint density at radius 1 is 1.11 bits per heavy atom. The summed E-state index contributed by atoms with van der Waals surface area (Å²) in [7, 11) is -0.354. The van der Waals surface area contributed by atoms with Crippen molar-refractivity contribution in [3.63, 3.8) is 0 Å². The van der Waals surface area contributed by atoms with Crippen molar-refractivity contribution >= 4 is 18.5 Å². The SMILES string of the molecule is CC(C)(C)CC(=O)N1CC(COc2ccc(B3OC(C)(C)C(C)(C)O3)cc2)C1. The number of likely N-dealkylation sites (tertiary alicyclic amines) is 1. The molecular weight excluding hydrogens is 353 g/mol. The van der Waals surface area contributed by atoms with Gasteiger partial charge in [0.1, 0.15) is 5.75 Å². The maximum atomic E-state index is 12.2. The first-order valence-corrected chi connectivity index (χ1v) is 10.2. The summed E-state index contributed by atoms with van der Waals surface area (Å²) in [4.78, 5) is 14.1. The number of nitrogens with zero attached hydrogens (tertiary/aromatic N) is 1. The smallest absolute Gasteiger partial charge is 0.493 e. The van der Waals surface area contributed by atoms with Gasteiger partial charge >= 0.3 is 7.12 Å². The number of benzene rings is 1. The van der Waals surface area contributed by atoms with Gasteiger partial charge in [0.2, 0.25) is 5.91 Å². The van der Waals surface area contributed by atoms with Crippen LogP contribution in [0.15, 0.2) is 24.3 Å². The molecule has 2 aliphatic heterocycles. The summed E-state index contributed by atoms with van der Waals surface area (Å²) < 4.78 is 18.1. The molecule has 5 nitrogen and oxygen atoms in total. The van der Waals surface area contributed by atoms with Crippen LogP contribution in [0, 0.1) is 11.3 Å². The molecule has 1 aromatic rings. The van der Waals surface area contributed by atoms with Crippen molar-refractivity contribution in [2.45, 2.75) is 66.1 Å². The Morgan fingerprint density at radius 2 is 1.64 bits per heavy atom. The molecule has 0 aliphatic carbocycles. The van der Waals surface area contributed by atoms with Gasteiger partial charge in [-0.1, -0.05) is 32.9 Å². The average Bonchev–Trinajstić information content (AvgIpc) is 2.72. The van der Waals surface area contributed by atoms with Gasteiger partial charge in [0, 0.05) is 25.4 Å². The number of rotatable bonds is 5. The van der Waals surface area contributed by atoms with Crippen LogP contribution in [0.3, 0.4) is 0 Å². The zero-order chi connectivity index (χ0) is 20.7. The van der Waals surface area contributed by atoms with Gasteiger partial charge in [-0.15, -0.1) is 0 Å². The van der Waals surface area contributed by atoms with Gasteiger partial charge < -0.3 is 18.9 Å². The first-order chi connectivity index (χ1) is 12.9. The van der Waals surface area contributed by atoms with Gasteiger partial charge in [-0.05, 0) is 50.7 Å². The first kappa shape index (κ1) is 21.2. The van der Waals surface area contributed by atoms with Crippen molar-refractivity contribution < 1.29 is 18.8 Å². The highest BCUT2D eigenvalue weighted by atomic mass is 16.7. The van der Waals surface area contributed by atoms with Crippen molar-refractivity contribution in [3.8, 4) is 5.75 Å². The molecule has 2 fully saturated rings. The lowest BCUT2D eigenvalue weighted by atomic mass is 9.79. The van der Waals surface area contributed by atoms with Crippen molar-refractivity contribution in [1.29, 1.82) is 0 Å². The number of carbonyl (C=O) groups is 1. The third-order valence-corrected chi connectivity index (χ3v) is 5.88. The number of hydrogen-bond donors (Lipinski definition) is 0. The quantitative estimate of drug-likeness (QED) is 0.728. The average molecular weight is 387 g/mol. The number of carbonyl (C=O) groups excluding carboxylic acids is 1. The van der Waals surface area contributed by atoms with Gasteiger partial charge in [0.25, 0.3) is 0 Å². The van der Waals surface area contributed by atoms with E-state index >= 15 is 0 Å².